The SMILES string of the molecule is CBr.O=C(O)C(O)(c1ccc(F)cc1)c1ccc(F)cc1. The number of carboxylic acid groups (broad SMARTS) is 1. The van der Waals surface area contributed by atoms with Crippen molar-refractivity contribution in [3.05, 3.63) is 71.3 Å². The first-order chi connectivity index (χ1) is 9.94. The van der Waals surface area contributed by atoms with Crippen molar-refractivity contribution in [1.82, 2.24) is 0 Å². The van der Waals surface area contributed by atoms with Gasteiger partial charge < -0.3 is 10.2 Å². The molecule has 2 rings (SSSR count). The molecule has 0 aliphatic heterocycles. The molecule has 0 fully saturated rings. The van der Waals surface area contributed by atoms with Crippen LogP contribution in [0.3, 0.4) is 0 Å². The first-order valence-corrected chi connectivity index (χ1v) is 7.39. The van der Waals surface area contributed by atoms with E-state index in [9.17, 15) is 23.8 Å². The van der Waals surface area contributed by atoms with E-state index < -0.39 is 23.2 Å². The predicted octanol–water partition coefficient (Wildman–Crippen LogP) is 3.30. The quantitative estimate of drug-likeness (QED) is 0.827. The summed E-state index contributed by atoms with van der Waals surface area (Å²) < 4.78 is 25.7. The number of benzene rings is 2. The van der Waals surface area contributed by atoms with E-state index in [-0.39, 0.29) is 11.1 Å². The largest absolute Gasteiger partial charge is 0.479 e. The van der Waals surface area contributed by atoms with Crippen LogP contribution in [0.25, 0.3) is 0 Å². The number of carboxylic acids is 1. The number of hydrogen-bond acceptors (Lipinski definition) is 2. The molecule has 2 aromatic carbocycles. The lowest BCUT2D eigenvalue weighted by Gasteiger charge is -2.24. The van der Waals surface area contributed by atoms with Crippen LogP contribution in [0, 0.1) is 11.6 Å². The van der Waals surface area contributed by atoms with Crippen molar-refractivity contribution in [3.63, 3.8) is 0 Å². The third-order valence-electron chi connectivity index (χ3n) is 2.83. The number of halogens is 3. The van der Waals surface area contributed by atoms with Crippen molar-refractivity contribution < 1.29 is 23.8 Å². The molecule has 0 saturated heterocycles. The molecule has 0 saturated carbocycles. The maximum atomic E-state index is 12.9. The first-order valence-electron chi connectivity index (χ1n) is 5.80. The second kappa shape index (κ2) is 7.28. The van der Waals surface area contributed by atoms with Gasteiger partial charge in [0.25, 0.3) is 0 Å². The van der Waals surface area contributed by atoms with Crippen LogP contribution < -0.4 is 0 Å². The van der Waals surface area contributed by atoms with Gasteiger partial charge in [-0.15, -0.1) is 0 Å². The Kier molecular flexibility index (Phi) is 5.99. The van der Waals surface area contributed by atoms with Crippen LogP contribution in [0.4, 0.5) is 8.78 Å². The Morgan fingerprint density at radius 2 is 1.19 bits per heavy atom. The van der Waals surface area contributed by atoms with Crippen molar-refractivity contribution in [1.29, 1.82) is 0 Å². The highest BCUT2D eigenvalue weighted by Gasteiger charge is 2.40. The van der Waals surface area contributed by atoms with Crippen molar-refractivity contribution in [2.24, 2.45) is 0 Å². The van der Waals surface area contributed by atoms with Gasteiger partial charge >= 0.3 is 5.97 Å². The molecule has 0 spiro atoms. The van der Waals surface area contributed by atoms with Gasteiger partial charge in [0.2, 0.25) is 5.60 Å². The summed E-state index contributed by atoms with van der Waals surface area (Å²) in [7, 11) is 0. The molecule has 0 atom stereocenters. The van der Waals surface area contributed by atoms with Gasteiger partial charge in [-0.3, -0.25) is 0 Å². The summed E-state index contributed by atoms with van der Waals surface area (Å²) in [4.78, 5) is 11.4. The minimum atomic E-state index is -2.35. The van der Waals surface area contributed by atoms with Gasteiger partial charge in [0.15, 0.2) is 0 Å². The van der Waals surface area contributed by atoms with E-state index >= 15 is 0 Å². The van der Waals surface area contributed by atoms with Crippen LogP contribution in [0.2, 0.25) is 0 Å². The van der Waals surface area contributed by atoms with Gasteiger partial charge in [-0.05, 0) is 41.2 Å². The topological polar surface area (TPSA) is 57.5 Å². The molecule has 112 valence electrons. The third kappa shape index (κ3) is 3.65. The van der Waals surface area contributed by atoms with E-state index in [1.807, 2.05) is 5.83 Å². The predicted molar refractivity (Wildman–Crippen MR) is 78.3 cm³/mol. The lowest BCUT2D eigenvalue weighted by Crippen LogP contribution is -2.36. The number of hydrogen-bond donors (Lipinski definition) is 2. The summed E-state index contributed by atoms with van der Waals surface area (Å²) in [6.07, 6.45) is 0. The van der Waals surface area contributed by atoms with Gasteiger partial charge in [0.1, 0.15) is 11.6 Å². The fourth-order valence-electron chi connectivity index (χ4n) is 1.80. The Morgan fingerprint density at radius 1 is 0.905 bits per heavy atom. The van der Waals surface area contributed by atoms with E-state index in [0.717, 1.165) is 24.3 Å². The summed E-state index contributed by atoms with van der Waals surface area (Å²) in [5.41, 5.74) is -2.36. The van der Waals surface area contributed by atoms with Crippen LogP contribution in [-0.4, -0.2) is 22.0 Å². The molecule has 0 aliphatic rings. The number of rotatable bonds is 3. The molecule has 0 aromatic heterocycles. The zero-order valence-corrected chi connectivity index (χ0v) is 12.6. The van der Waals surface area contributed by atoms with Gasteiger partial charge in [-0.25, -0.2) is 13.6 Å². The second-order valence-corrected chi connectivity index (χ2v) is 4.03. The van der Waals surface area contributed by atoms with Gasteiger partial charge in [-0.1, -0.05) is 40.2 Å². The van der Waals surface area contributed by atoms with Crippen LogP contribution in [0.5, 0.6) is 0 Å². The molecular weight excluding hydrogens is 346 g/mol. The summed E-state index contributed by atoms with van der Waals surface area (Å²) in [5, 5.41) is 19.6. The fourth-order valence-corrected chi connectivity index (χ4v) is 1.80. The van der Waals surface area contributed by atoms with Gasteiger partial charge in [0.05, 0.1) is 0 Å². The molecule has 0 aliphatic carbocycles. The molecule has 0 amide bonds. The zero-order valence-electron chi connectivity index (χ0n) is 11.1. The van der Waals surface area contributed by atoms with Crippen molar-refractivity contribution in [3.8, 4) is 0 Å². The van der Waals surface area contributed by atoms with Crippen molar-refractivity contribution in [2.45, 2.75) is 5.60 Å². The minimum Gasteiger partial charge on any atom is -0.479 e. The number of carbonyl (C=O) groups is 1. The first kappa shape index (κ1) is 17.3. The standard InChI is InChI=1S/C14H10F2O3.CH3Br/c15-11-5-1-9(2-6-11)14(19,13(17)18)10-3-7-12(16)8-4-10;1-2/h1-8,19H,(H,17,18);1H3. The maximum Gasteiger partial charge on any atom is 0.345 e. The summed E-state index contributed by atoms with van der Waals surface area (Å²) in [6, 6.07) is 8.89. The lowest BCUT2D eigenvalue weighted by molar-refractivity contribution is -0.155. The number of aliphatic hydroxyl groups is 1. The fraction of sp³-hybridized carbons (Fsp3) is 0.133. The Hall–Kier alpha value is -1.79. The highest BCUT2D eigenvalue weighted by molar-refractivity contribution is 9.08. The normalized spacial score (nSPS) is 10.5. The minimum absolute atomic E-state index is 0.00647. The van der Waals surface area contributed by atoms with Gasteiger partial charge in [-0.2, -0.15) is 0 Å². The summed E-state index contributed by atoms with van der Waals surface area (Å²) >= 11 is 2.94. The third-order valence-corrected chi connectivity index (χ3v) is 2.83. The molecule has 0 unspecified atom stereocenters. The van der Waals surface area contributed by atoms with Crippen LogP contribution in [0.15, 0.2) is 48.5 Å². The van der Waals surface area contributed by atoms with E-state index in [1.54, 1.807) is 0 Å². The molecule has 2 aromatic rings. The maximum absolute atomic E-state index is 12.9. The molecule has 0 heterocycles. The Labute approximate surface area is 129 Å². The zero-order chi connectivity index (χ0) is 16.0. The molecule has 0 radical (unpaired) electrons. The average molecular weight is 359 g/mol. The molecular formula is C15H13BrF2O3. The average Bonchev–Trinajstić information content (AvgIpc) is 2.49. The molecule has 6 heteroatoms. The monoisotopic (exact) mass is 358 g/mol. The number of alkyl halides is 1. The number of aliphatic carboxylic acids is 1. The Morgan fingerprint density at radius 3 is 1.43 bits per heavy atom. The van der Waals surface area contributed by atoms with E-state index in [4.69, 9.17) is 0 Å². The Balaban J connectivity index is 0.00000106. The van der Waals surface area contributed by atoms with E-state index in [0.29, 0.717) is 0 Å². The van der Waals surface area contributed by atoms with Crippen LogP contribution >= 0.6 is 15.9 Å². The molecule has 3 nitrogen and oxygen atoms in total. The lowest BCUT2D eigenvalue weighted by atomic mass is 9.86. The van der Waals surface area contributed by atoms with Crippen molar-refractivity contribution >= 4 is 21.9 Å². The van der Waals surface area contributed by atoms with E-state index in [2.05, 4.69) is 15.9 Å². The summed E-state index contributed by atoms with van der Waals surface area (Å²) in [6.45, 7) is 0. The molecule has 0 bridgehead atoms. The smallest absolute Gasteiger partial charge is 0.345 e. The van der Waals surface area contributed by atoms with E-state index in [1.165, 1.54) is 24.3 Å². The Bertz CT molecular complexity index is 552. The molecule has 21 heavy (non-hydrogen) atoms. The molecule has 2 N–H and O–H groups in total. The van der Waals surface area contributed by atoms with Gasteiger partial charge in [0, 0.05) is 0 Å². The highest BCUT2D eigenvalue weighted by atomic mass is 79.9. The second-order valence-electron chi connectivity index (χ2n) is 4.03. The highest BCUT2D eigenvalue weighted by Crippen LogP contribution is 2.30. The van der Waals surface area contributed by atoms with Crippen LogP contribution in [0.1, 0.15) is 11.1 Å². The van der Waals surface area contributed by atoms with Crippen molar-refractivity contribution in [2.75, 3.05) is 5.83 Å². The summed E-state index contributed by atoms with van der Waals surface area (Å²) in [5.74, 6) is -0.801. The van der Waals surface area contributed by atoms with Crippen LogP contribution in [-0.2, 0) is 10.4 Å².